The van der Waals surface area contributed by atoms with Crippen LogP contribution in [0.3, 0.4) is 0 Å². The van der Waals surface area contributed by atoms with E-state index in [1.165, 1.54) is 36.1 Å². The second-order valence-electron chi connectivity index (χ2n) is 8.02. The lowest BCUT2D eigenvalue weighted by molar-refractivity contribution is -0.139. The molecule has 1 fully saturated rings. The number of nitrogens with one attached hydrogen (secondary N) is 2. The minimum Gasteiger partial charge on any atom is -0.482 e. The average molecular weight is 448 g/mol. The molecule has 10 heteroatoms. The lowest BCUT2D eigenvalue weighted by atomic mass is 9.93. The van der Waals surface area contributed by atoms with E-state index in [1.54, 1.807) is 12.1 Å². The number of urea groups is 1. The van der Waals surface area contributed by atoms with Crippen molar-refractivity contribution in [1.82, 2.24) is 10.2 Å². The summed E-state index contributed by atoms with van der Waals surface area (Å²) in [6, 6.07) is 5.28. The summed E-state index contributed by atoms with van der Waals surface area (Å²) in [7, 11) is 0. The van der Waals surface area contributed by atoms with Crippen LogP contribution in [-0.2, 0) is 4.79 Å². The number of carboxylic acid groups (broad SMARTS) is 1. The fraction of sp³-hybridized carbons (Fsp3) is 0.524. The van der Waals surface area contributed by atoms with Crippen LogP contribution in [0.5, 0.6) is 5.75 Å². The largest absolute Gasteiger partial charge is 0.482 e. The molecule has 2 amide bonds. The zero-order valence-electron chi connectivity index (χ0n) is 17.8. The SMILES string of the molecule is CC(C)CN(c1ccc(OCC(=O)O)cc1NC(=O)Nc1nncs1)C1CCCCC1. The summed E-state index contributed by atoms with van der Waals surface area (Å²) in [5.74, 6) is -0.241. The van der Waals surface area contributed by atoms with E-state index in [4.69, 9.17) is 9.84 Å². The highest BCUT2D eigenvalue weighted by atomic mass is 32.1. The van der Waals surface area contributed by atoms with Crippen molar-refractivity contribution >= 4 is 39.8 Å². The van der Waals surface area contributed by atoms with Crippen molar-refractivity contribution in [3.8, 4) is 5.75 Å². The summed E-state index contributed by atoms with van der Waals surface area (Å²) in [6.07, 6.45) is 5.86. The van der Waals surface area contributed by atoms with Gasteiger partial charge in [-0.15, -0.1) is 10.2 Å². The number of amides is 2. The molecule has 0 saturated heterocycles. The van der Waals surface area contributed by atoms with E-state index in [9.17, 15) is 9.59 Å². The molecule has 1 aliphatic rings. The van der Waals surface area contributed by atoms with E-state index >= 15 is 0 Å². The van der Waals surface area contributed by atoms with Crippen molar-refractivity contribution in [3.63, 3.8) is 0 Å². The van der Waals surface area contributed by atoms with E-state index in [0.29, 0.717) is 28.5 Å². The third-order valence-corrected chi connectivity index (χ3v) is 5.65. The van der Waals surface area contributed by atoms with Gasteiger partial charge in [0, 0.05) is 18.7 Å². The van der Waals surface area contributed by atoms with Crippen molar-refractivity contribution in [2.75, 3.05) is 28.7 Å². The number of hydrogen-bond acceptors (Lipinski definition) is 7. The number of carbonyl (C=O) groups is 2. The maximum absolute atomic E-state index is 12.6. The Morgan fingerprint density at radius 2 is 2.03 bits per heavy atom. The van der Waals surface area contributed by atoms with Crippen LogP contribution >= 0.6 is 11.3 Å². The third-order valence-electron chi connectivity index (χ3n) is 5.05. The summed E-state index contributed by atoms with van der Waals surface area (Å²) >= 11 is 1.22. The van der Waals surface area contributed by atoms with Crippen LogP contribution in [0.1, 0.15) is 46.0 Å². The van der Waals surface area contributed by atoms with Crippen LogP contribution in [-0.4, -0.2) is 46.5 Å². The summed E-state index contributed by atoms with van der Waals surface area (Å²) < 4.78 is 5.35. The van der Waals surface area contributed by atoms with Gasteiger partial charge in [0.1, 0.15) is 11.3 Å². The lowest BCUT2D eigenvalue weighted by Crippen LogP contribution is -2.40. The highest BCUT2D eigenvalue weighted by molar-refractivity contribution is 7.13. The second-order valence-corrected chi connectivity index (χ2v) is 8.86. The van der Waals surface area contributed by atoms with E-state index < -0.39 is 18.6 Å². The average Bonchev–Trinajstić information content (AvgIpc) is 3.24. The molecule has 0 bridgehead atoms. The minimum atomic E-state index is -1.06. The minimum absolute atomic E-state index is 0.380. The zero-order chi connectivity index (χ0) is 22.2. The van der Waals surface area contributed by atoms with Gasteiger partial charge in [0.05, 0.1) is 11.4 Å². The third kappa shape index (κ3) is 6.81. The zero-order valence-corrected chi connectivity index (χ0v) is 18.7. The molecule has 1 heterocycles. The number of carboxylic acids is 1. The van der Waals surface area contributed by atoms with Gasteiger partial charge in [-0.25, -0.2) is 9.59 Å². The molecule has 0 aliphatic heterocycles. The van der Waals surface area contributed by atoms with Crippen molar-refractivity contribution in [2.45, 2.75) is 52.0 Å². The van der Waals surface area contributed by atoms with Crippen LogP contribution in [0, 0.1) is 5.92 Å². The number of anilines is 3. The molecular formula is C21H29N5O4S. The second kappa shape index (κ2) is 10.9. The molecule has 3 N–H and O–H groups in total. The highest BCUT2D eigenvalue weighted by Gasteiger charge is 2.25. The van der Waals surface area contributed by atoms with Gasteiger partial charge in [-0.3, -0.25) is 5.32 Å². The maximum atomic E-state index is 12.6. The van der Waals surface area contributed by atoms with Gasteiger partial charge in [-0.05, 0) is 30.9 Å². The van der Waals surface area contributed by atoms with Gasteiger partial charge >= 0.3 is 12.0 Å². The maximum Gasteiger partial charge on any atom is 0.341 e. The van der Waals surface area contributed by atoms with Gasteiger partial charge in [-0.1, -0.05) is 44.4 Å². The molecule has 0 radical (unpaired) electrons. The first-order valence-electron chi connectivity index (χ1n) is 10.5. The van der Waals surface area contributed by atoms with Gasteiger partial charge < -0.3 is 20.1 Å². The fourth-order valence-electron chi connectivity index (χ4n) is 3.81. The highest BCUT2D eigenvalue weighted by Crippen LogP contribution is 2.35. The van der Waals surface area contributed by atoms with Crippen molar-refractivity contribution in [3.05, 3.63) is 23.7 Å². The predicted octanol–water partition coefficient (Wildman–Crippen LogP) is 4.44. The molecule has 0 unspecified atom stereocenters. The molecule has 0 spiro atoms. The Hall–Kier alpha value is -2.88. The number of ether oxygens (including phenoxy) is 1. The quantitative estimate of drug-likeness (QED) is 0.520. The molecule has 9 nitrogen and oxygen atoms in total. The Morgan fingerprint density at radius 1 is 1.26 bits per heavy atom. The first kappa shape index (κ1) is 22.8. The monoisotopic (exact) mass is 447 g/mol. The van der Waals surface area contributed by atoms with Gasteiger partial charge in [0.2, 0.25) is 5.13 Å². The molecule has 1 saturated carbocycles. The van der Waals surface area contributed by atoms with E-state index in [0.717, 1.165) is 25.1 Å². The summed E-state index contributed by atoms with van der Waals surface area (Å²) in [5.41, 5.74) is 3.00. The Morgan fingerprint density at radius 3 is 2.68 bits per heavy atom. The van der Waals surface area contributed by atoms with E-state index in [1.807, 2.05) is 6.07 Å². The van der Waals surface area contributed by atoms with Crippen molar-refractivity contribution in [1.29, 1.82) is 0 Å². The van der Waals surface area contributed by atoms with Gasteiger partial charge in [0.25, 0.3) is 0 Å². The van der Waals surface area contributed by atoms with Gasteiger partial charge in [-0.2, -0.15) is 0 Å². The number of hydrogen-bond donors (Lipinski definition) is 3. The predicted molar refractivity (Wildman–Crippen MR) is 121 cm³/mol. The fourth-order valence-corrected chi connectivity index (χ4v) is 4.25. The van der Waals surface area contributed by atoms with Crippen LogP contribution in [0.4, 0.5) is 21.3 Å². The number of rotatable bonds is 9. The van der Waals surface area contributed by atoms with Crippen LogP contribution in [0.2, 0.25) is 0 Å². The van der Waals surface area contributed by atoms with E-state index in [2.05, 4.69) is 39.6 Å². The number of aromatic nitrogens is 2. The summed E-state index contributed by atoms with van der Waals surface area (Å²) in [5, 5.41) is 22.4. The molecule has 1 aliphatic carbocycles. The standard InChI is InChI=1S/C21H29N5O4S/c1-14(2)11-26(15-6-4-3-5-7-15)18-9-8-16(30-12-19(27)28)10-17(18)23-20(29)24-21-25-22-13-31-21/h8-10,13-15H,3-7,11-12H2,1-2H3,(H,27,28)(H2,23,24,25,29). The Balaban J connectivity index is 1.89. The summed E-state index contributed by atoms with van der Waals surface area (Å²) in [6.45, 7) is 4.76. The Kier molecular flexibility index (Phi) is 8.05. The molecule has 3 rings (SSSR count). The normalized spacial score (nSPS) is 14.3. The smallest absolute Gasteiger partial charge is 0.341 e. The van der Waals surface area contributed by atoms with Gasteiger partial charge in [0.15, 0.2) is 6.61 Å². The molecular weight excluding hydrogens is 418 g/mol. The first-order chi connectivity index (χ1) is 14.9. The molecule has 1 aromatic carbocycles. The van der Waals surface area contributed by atoms with Crippen molar-refractivity contribution < 1.29 is 19.4 Å². The molecule has 2 aromatic rings. The number of benzene rings is 1. The molecule has 31 heavy (non-hydrogen) atoms. The Bertz CT molecular complexity index is 869. The van der Waals surface area contributed by atoms with Crippen LogP contribution < -0.4 is 20.3 Å². The number of aliphatic carboxylic acids is 1. The van der Waals surface area contributed by atoms with E-state index in [-0.39, 0.29) is 0 Å². The molecule has 168 valence electrons. The van der Waals surface area contributed by atoms with Crippen molar-refractivity contribution in [2.24, 2.45) is 5.92 Å². The van der Waals surface area contributed by atoms with Crippen LogP contribution in [0.15, 0.2) is 23.7 Å². The first-order valence-corrected chi connectivity index (χ1v) is 11.4. The molecule has 1 aromatic heterocycles. The molecule has 0 atom stereocenters. The number of carbonyl (C=O) groups excluding carboxylic acids is 1. The topological polar surface area (TPSA) is 117 Å². The van der Waals surface area contributed by atoms with Crippen LogP contribution in [0.25, 0.3) is 0 Å². The lowest BCUT2D eigenvalue weighted by Gasteiger charge is -2.38. The Labute approximate surface area is 185 Å². The summed E-state index contributed by atoms with van der Waals surface area (Å²) in [4.78, 5) is 25.9. The number of nitrogens with zero attached hydrogens (tertiary/aromatic N) is 3.